The van der Waals surface area contributed by atoms with E-state index >= 15 is 0 Å². The predicted octanol–water partition coefficient (Wildman–Crippen LogP) is 2.29. The molecule has 0 radical (unpaired) electrons. The van der Waals surface area contributed by atoms with Crippen LogP contribution in [0.1, 0.15) is 26.3 Å². The number of nitrogens with one attached hydrogen (secondary N) is 1. The van der Waals surface area contributed by atoms with Gasteiger partial charge in [0.1, 0.15) is 23.0 Å². The first kappa shape index (κ1) is 11.5. The minimum atomic E-state index is -0.538. The van der Waals surface area contributed by atoms with Crippen molar-refractivity contribution in [3.8, 4) is 5.75 Å². The van der Waals surface area contributed by atoms with Crippen LogP contribution in [0.5, 0.6) is 5.75 Å². The first-order valence-electron chi connectivity index (χ1n) is 4.63. The molecular formula is C11H15FN2O. The number of hydrogen-bond acceptors (Lipinski definition) is 2. The van der Waals surface area contributed by atoms with E-state index < -0.39 is 11.4 Å². The third kappa shape index (κ3) is 2.94. The van der Waals surface area contributed by atoms with Crippen molar-refractivity contribution in [2.24, 2.45) is 5.73 Å². The van der Waals surface area contributed by atoms with Crippen molar-refractivity contribution >= 4 is 5.84 Å². The predicted molar refractivity (Wildman–Crippen MR) is 57.8 cm³/mol. The molecule has 0 atom stereocenters. The van der Waals surface area contributed by atoms with E-state index in [9.17, 15) is 4.39 Å². The van der Waals surface area contributed by atoms with Gasteiger partial charge >= 0.3 is 0 Å². The zero-order chi connectivity index (χ0) is 11.6. The highest BCUT2D eigenvalue weighted by molar-refractivity contribution is 5.97. The number of nitrogen functional groups attached to an aromatic ring is 1. The monoisotopic (exact) mass is 210 g/mol. The highest BCUT2D eigenvalue weighted by Crippen LogP contribution is 2.24. The topological polar surface area (TPSA) is 59.1 Å². The summed E-state index contributed by atoms with van der Waals surface area (Å²) in [5.74, 6) is -0.563. The van der Waals surface area contributed by atoms with Gasteiger partial charge in [0.25, 0.3) is 0 Å². The molecule has 0 saturated heterocycles. The summed E-state index contributed by atoms with van der Waals surface area (Å²) in [7, 11) is 0. The summed E-state index contributed by atoms with van der Waals surface area (Å²) in [6.45, 7) is 5.55. The molecule has 0 aromatic heterocycles. The van der Waals surface area contributed by atoms with Crippen LogP contribution in [0.15, 0.2) is 18.2 Å². The van der Waals surface area contributed by atoms with Crippen molar-refractivity contribution in [3.63, 3.8) is 0 Å². The fourth-order valence-electron chi connectivity index (χ4n) is 1.18. The Hall–Kier alpha value is -1.58. The van der Waals surface area contributed by atoms with E-state index in [2.05, 4.69) is 0 Å². The van der Waals surface area contributed by atoms with Gasteiger partial charge in [0.2, 0.25) is 0 Å². The largest absolute Gasteiger partial charge is 0.487 e. The van der Waals surface area contributed by atoms with Gasteiger partial charge in [-0.15, -0.1) is 0 Å². The summed E-state index contributed by atoms with van der Waals surface area (Å²) in [5.41, 5.74) is 4.87. The summed E-state index contributed by atoms with van der Waals surface area (Å²) in [5, 5.41) is 7.28. The Bertz CT molecular complexity index is 383. The molecule has 0 aliphatic rings. The molecule has 3 N–H and O–H groups in total. The molecule has 1 rings (SSSR count). The number of benzene rings is 1. The maximum absolute atomic E-state index is 13.4. The molecule has 1 aromatic carbocycles. The van der Waals surface area contributed by atoms with Gasteiger partial charge in [-0.1, -0.05) is 6.07 Å². The lowest BCUT2D eigenvalue weighted by Crippen LogP contribution is -2.25. The highest BCUT2D eigenvalue weighted by atomic mass is 19.1. The Labute approximate surface area is 88.6 Å². The minimum Gasteiger partial charge on any atom is -0.487 e. The molecule has 0 bridgehead atoms. The lowest BCUT2D eigenvalue weighted by Gasteiger charge is -2.23. The molecule has 82 valence electrons. The molecule has 0 saturated carbocycles. The van der Waals surface area contributed by atoms with Crippen molar-refractivity contribution in [1.82, 2.24) is 0 Å². The van der Waals surface area contributed by atoms with Gasteiger partial charge in [0.05, 0.1) is 5.56 Å². The van der Waals surface area contributed by atoms with Crippen molar-refractivity contribution in [2.45, 2.75) is 26.4 Å². The van der Waals surface area contributed by atoms with Crippen LogP contribution in [0.4, 0.5) is 4.39 Å². The third-order valence-electron chi connectivity index (χ3n) is 1.66. The molecule has 0 fully saturated rings. The molecule has 0 heterocycles. The van der Waals surface area contributed by atoms with Crippen molar-refractivity contribution in [3.05, 3.63) is 29.6 Å². The normalized spacial score (nSPS) is 11.2. The zero-order valence-corrected chi connectivity index (χ0v) is 9.10. The van der Waals surface area contributed by atoms with Crippen LogP contribution in [-0.2, 0) is 0 Å². The SMILES string of the molecule is CC(C)(C)Oc1cccc(F)c1C(=N)N. The lowest BCUT2D eigenvalue weighted by atomic mass is 10.1. The van der Waals surface area contributed by atoms with Gasteiger partial charge < -0.3 is 10.5 Å². The molecule has 0 amide bonds. The van der Waals surface area contributed by atoms with Crippen LogP contribution in [0.3, 0.4) is 0 Å². The van der Waals surface area contributed by atoms with E-state index in [1.165, 1.54) is 12.1 Å². The Morgan fingerprint density at radius 1 is 1.40 bits per heavy atom. The standard InChI is InChI=1S/C11H15FN2O/c1-11(2,3)15-8-6-4-5-7(12)9(8)10(13)14/h4-6H,1-3H3,(H3,13,14). The van der Waals surface area contributed by atoms with Crippen LogP contribution in [0.2, 0.25) is 0 Å². The first-order valence-corrected chi connectivity index (χ1v) is 4.63. The summed E-state index contributed by atoms with van der Waals surface area (Å²) < 4.78 is 18.9. The van der Waals surface area contributed by atoms with E-state index in [0.717, 1.165) is 0 Å². The summed E-state index contributed by atoms with van der Waals surface area (Å²) >= 11 is 0. The molecular weight excluding hydrogens is 195 g/mol. The van der Waals surface area contributed by atoms with Crippen LogP contribution >= 0.6 is 0 Å². The van der Waals surface area contributed by atoms with Crippen LogP contribution in [-0.4, -0.2) is 11.4 Å². The number of rotatable bonds is 2. The van der Waals surface area contributed by atoms with E-state index in [1.54, 1.807) is 6.07 Å². The fourth-order valence-corrected chi connectivity index (χ4v) is 1.18. The average Bonchev–Trinajstić information content (AvgIpc) is 1.99. The number of amidine groups is 1. The van der Waals surface area contributed by atoms with Gasteiger partial charge in [-0.05, 0) is 32.9 Å². The third-order valence-corrected chi connectivity index (χ3v) is 1.66. The Balaban J connectivity index is 3.18. The smallest absolute Gasteiger partial charge is 0.137 e. The van der Waals surface area contributed by atoms with Crippen molar-refractivity contribution < 1.29 is 9.13 Å². The van der Waals surface area contributed by atoms with Crippen molar-refractivity contribution in [1.29, 1.82) is 5.41 Å². The van der Waals surface area contributed by atoms with Gasteiger partial charge in [-0.25, -0.2) is 4.39 Å². The highest BCUT2D eigenvalue weighted by Gasteiger charge is 2.18. The second-order valence-corrected chi connectivity index (χ2v) is 4.24. The number of nitrogens with two attached hydrogens (primary N) is 1. The second kappa shape index (κ2) is 3.88. The molecule has 3 nitrogen and oxygen atoms in total. The Morgan fingerprint density at radius 2 is 2.00 bits per heavy atom. The summed E-state index contributed by atoms with van der Waals surface area (Å²) in [6.07, 6.45) is 0. The molecule has 4 heteroatoms. The van der Waals surface area contributed by atoms with E-state index in [1.807, 2.05) is 20.8 Å². The molecule has 0 spiro atoms. The Morgan fingerprint density at radius 3 is 2.47 bits per heavy atom. The Kier molecular flexibility index (Phi) is 2.98. The maximum Gasteiger partial charge on any atom is 0.137 e. The van der Waals surface area contributed by atoms with E-state index in [4.69, 9.17) is 15.9 Å². The number of halogens is 1. The van der Waals surface area contributed by atoms with E-state index in [0.29, 0.717) is 5.75 Å². The molecule has 1 aromatic rings. The lowest BCUT2D eigenvalue weighted by molar-refractivity contribution is 0.130. The molecule has 0 aliphatic heterocycles. The average molecular weight is 210 g/mol. The van der Waals surface area contributed by atoms with E-state index in [-0.39, 0.29) is 11.4 Å². The number of ether oxygens (including phenoxy) is 1. The molecule has 15 heavy (non-hydrogen) atoms. The molecule has 0 unspecified atom stereocenters. The number of hydrogen-bond donors (Lipinski definition) is 2. The molecule has 0 aliphatic carbocycles. The maximum atomic E-state index is 13.4. The first-order chi connectivity index (χ1) is 6.81. The van der Waals surface area contributed by atoms with Gasteiger partial charge in [-0.2, -0.15) is 0 Å². The second-order valence-electron chi connectivity index (χ2n) is 4.24. The van der Waals surface area contributed by atoms with Gasteiger partial charge in [0.15, 0.2) is 0 Å². The van der Waals surface area contributed by atoms with Gasteiger partial charge in [0, 0.05) is 0 Å². The zero-order valence-electron chi connectivity index (χ0n) is 9.10. The summed E-state index contributed by atoms with van der Waals surface area (Å²) in [4.78, 5) is 0. The quantitative estimate of drug-likeness (QED) is 0.581. The summed E-state index contributed by atoms with van der Waals surface area (Å²) in [6, 6.07) is 4.39. The minimum absolute atomic E-state index is 0.0208. The van der Waals surface area contributed by atoms with Crippen molar-refractivity contribution in [2.75, 3.05) is 0 Å². The van der Waals surface area contributed by atoms with Crippen LogP contribution in [0.25, 0.3) is 0 Å². The van der Waals surface area contributed by atoms with Crippen LogP contribution < -0.4 is 10.5 Å². The van der Waals surface area contributed by atoms with Gasteiger partial charge in [-0.3, -0.25) is 5.41 Å². The fraction of sp³-hybridized carbons (Fsp3) is 0.364. The van der Waals surface area contributed by atoms with Crippen LogP contribution in [0, 0.1) is 11.2 Å².